The fraction of sp³-hybridized carbons (Fsp3) is 0.444. The molecule has 1 saturated heterocycles. The lowest BCUT2D eigenvalue weighted by atomic mass is 9.71. The summed E-state index contributed by atoms with van der Waals surface area (Å²) in [5.74, 6) is 0.284. The van der Waals surface area contributed by atoms with Crippen LogP contribution in [0.2, 0.25) is 0 Å². The van der Waals surface area contributed by atoms with Gasteiger partial charge in [0.15, 0.2) is 0 Å². The van der Waals surface area contributed by atoms with Crippen molar-refractivity contribution < 1.29 is 9.59 Å². The smallest absolute Gasteiger partial charge is 0.241 e. The van der Waals surface area contributed by atoms with Gasteiger partial charge in [-0.2, -0.15) is 0 Å². The van der Waals surface area contributed by atoms with Crippen LogP contribution in [0.3, 0.4) is 0 Å². The van der Waals surface area contributed by atoms with Crippen LogP contribution in [0.15, 0.2) is 30.4 Å². The SMILES string of the molecule is Cc1cccc(C)c1N1C(=O)[C@H]2[C@@H]3C=C[C@@H](C3)[C@@]2(C)C1=O. The van der Waals surface area contributed by atoms with Crippen LogP contribution in [0, 0.1) is 37.0 Å². The van der Waals surface area contributed by atoms with E-state index in [1.165, 1.54) is 4.90 Å². The zero-order chi connectivity index (χ0) is 14.9. The zero-order valence-corrected chi connectivity index (χ0v) is 12.6. The molecule has 2 aliphatic carbocycles. The molecule has 108 valence electrons. The summed E-state index contributed by atoms with van der Waals surface area (Å²) in [5, 5.41) is 0. The molecule has 21 heavy (non-hydrogen) atoms. The number of rotatable bonds is 1. The maximum atomic E-state index is 13.1. The van der Waals surface area contributed by atoms with E-state index < -0.39 is 5.41 Å². The Hall–Kier alpha value is -1.90. The largest absolute Gasteiger partial charge is 0.274 e. The number of nitrogens with zero attached hydrogens (tertiary/aromatic N) is 1. The summed E-state index contributed by atoms with van der Waals surface area (Å²) in [7, 11) is 0. The molecule has 4 atom stereocenters. The normalized spacial score (nSPS) is 36.7. The lowest BCUT2D eigenvalue weighted by molar-refractivity contribution is -0.127. The Balaban J connectivity index is 1.87. The third-order valence-electron chi connectivity index (χ3n) is 5.77. The predicted octanol–water partition coefficient (Wildman–Crippen LogP) is 3.01. The Morgan fingerprint density at radius 2 is 1.81 bits per heavy atom. The van der Waals surface area contributed by atoms with E-state index in [4.69, 9.17) is 0 Å². The average molecular weight is 281 g/mol. The van der Waals surface area contributed by atoms with Gasteiger partial charge in [0, 0.05) is 0 Å². The summed E-state index contributed by atoms with van der Waals surface area (Å²) in [6.45, 7) is 5.91. The van der Waals surface area contributed by atoms with Crippen molar-refractivity contribution >= 4 is 17.5 Å². The van der Waals surface area contributed by atoms with Crippen molar-refractivity contribution in [1.82, 2.24) is 0 Å². The monoisotopic (exact) mass is 281 g/mol. The molecule has 1 heterocycles. The Morgan fingerprint density at radius 3 is 2.43 bits per heavy atom. The van der Waals surface area contributed by atoms with Crippen LogP contribution in [0.1, 0.15) is 24.5 Å². The number of para-hydroxylation sites is 1. The van der Waals surface area contributed by atoms with Gasteiger partial charge in [-0.25, -0.2) is 4.90 Å². The van der Waals surface area contributed by atoms with E-state index in [-0.39, 0.29) is 29.6 Å². The number of carbonyl (C=O) groups is 2. The second kappa shape index (κ2) is 3.85. The Morgan fingerprint density at radius 1 is 1.14 bits per heavy atom. The van der Waals surface area contributed by atoms with Gasteiger partial charge in [0.25, 0.3) is 0 Å². The third kappa shape index (κ3) is 1.34. The number of hydrogen-bond acceptors (Lipinski definition) is 2. The van der Waals surface area contributed by atoms with Crippen LogP contribution in [0.5, 0.6) is 0 Å². The van der Waals surface area contributed by atoms with Crippen molar-refractivity contribution in [2.75, 3.05) is 4.90 Å². The minimum atomic E-state index is -0.536. The van der Waals surface area contributed by atoms with Crippen LogP contribution in [-0.2, 0) is 9.59 Å². The van der Waals surface area contributed by atoms with Gasteiger partial charge in [-0.15, -0.1) is 0 Å². The zero-order valence-electron chi connectivity index (χ0n) is 12.6. The summed E-state index contributed by atoms with van der Waals surface area (Å²) in [4.78, 5) is 27.5. The molecule has 3 aliphatic rings. The van der Waals surface area contributed by atoms with E-state index in [0.29, 0.717) is 0 Å². The fourth-order valence-corrected chi connectivity index (χ4v) is 4.68. The van der Waals surface area contributed by atoms with Crippen molar-refractivity contribution in [3.8, 4) is 0 Å². The molecule has 2 amide bonds. The number of carbonyl (C=O) groups excluding carboxylic acids is 2. The minimum absolute atomic E-state index is 0.00301. The summed E-state index contributed by atoms with van der Waals surface area (Å²) in [6.07, 6.45) is 5.23. The van der Waals surface area contributed by atoms with E-state index in [2.05, 4.69) is 12.2 Å². The molecule has 1 aliphatic heterocycles. The van der Waals surface area contributed by atoms with Crippen LogP contribution >= 0.6 is 0 Å². The number of fused-ring (bicyclic) bond motifs is 5. The fourth-order valence-electron chi connectivity index (χ4n) is 4.68. The standard InChI is InChI=1S/C18H19NO2/c1-10-5-4-6-11(2)15(10)19-16(20)14-12-7-8-13(9-12)18(14,3)17(19)21/h4-8,12-14H,9H2,1-3H3/t12-,13+,14-,18-/m1/s1. The first kappa shape index (κ1) is 12.8. The Kier molecular flexibility index (Phi) is 2.35. The summed E-state index contributed by atoms with van der Waals surface area (Å²) >= 11 is 0. The highest BCUT2D eigenvalue weighted by Crippen LogP contribution is 2.61. The second-order valence-corrected chi connectivity index (χ2v) is 6.87. The summed E-state index contributed by atoms with van der Waals surface area (Å²) in [5.41, 5.74) is 2.23. The molecule has 4 rings (SSSR count). The van der Waals surface area contributed by atoms with E-state index in [0.717, 1.165) is 23.2 Å². The van der Waals surface area contributed by atoms with E-state index >= 15 is 0 Å². The molecular formula is C18H19NO2. The van der Waals surface area contributed by atoms with Crippen molar-refractivity contribution in [2.45, 2.75) is 27.2 Å². The van der Waals surface area contributed by atoms with Gasteiger partial charge in [0.05, 0.1) is 17.0 Å². The lowest BCUT2D eigenvalue weighted by Gasteiger charge is -2.28. The topological polar surface area (TPSA) is 37.4 Å². The molecule has 0 aromatic heterocycles. The van der Waals surface area contributed by atoms with Crippen molar-refractivity contribution in [2.24, 2.45) is 23.2 Å². The van der Waals surface area contributed by atoms with Crippen molar-refractivity contribution in [3.05, 3.63) is 41.5 Å². The molecule has 0 spiro atoms. The number of allylic oxidation sites excluding steroid dienone is 2. The molecule has 0 unspecified atom stereocenters. The summed E-state index contributed by atoms with van der Waals surface area (Å²) < 4.78 is 0. The third-order valence-corrected chi connectivity index (χ3v) is 5.77. The van der Waals surface area contributed by atoms with Gasteiger partial charge in [-0.05, 0) is 50.2 Å². The van der Waals surface area contributed by atoms with Crippen molar-refractivity contribution in [3.63, 3.8) is 0 Å². The highest BCUT2D eigenvalue weighted by Gasteiger charge is 2.67. The second-order valence-electron chi connectivity index (χ2n) is 6.87. The van der Waals surface area contributed by atoms with Gasteiger partial charge in [0.2, 0.25) is 11.8 Å². The lowest BCUT2D eigenvalue weighted by Crippen LogP contribution is -2.38. The highest BCUT2D eigenvalue weighted by atomic mass is 16.2. The Bertz CT molecular complexity index is 685. The molecule has 3 heteroatoms. The molecule has 3 nitrogen and oxygen atoms in total. The molecule has 1 saturated carbocycles. The number of benzene rings is 1. The van der Waals surface area contributed by atoms with Crippen LogP contribution in [-0.4, -0.2) is 11.8 Å². The Labute approximate surface area is 124 Å². The number of imide groups is 1. The van der Waals surface area contributed by atoms with Crippen LogP contribution in [0.25, 0.3) is 0 Å². The maximum absolute atomic E-state index is 13.1. The minimum Gasteiger partial charge on any atom is -0.274 e. The van der Waals surface area contributed by atoms with Gasteiger partial charge < -0.3 is 0 Å². The summed E-state index contributed by atoms with van der Waals surface area (Å²) in [6, 6.07) is 5.89. The molecule has 0 N–H and O–H groups in total. The number of amides is 2. The van der Waals surface area contributed by atoms with E-state index in [1.807, 2.05) is 39.0 Å². The molecule has 2 fully saturated rings. The first-order chi connectivity index (χ1) is 9.96. The first-order valence-electron chi connectivity index (χ1n) is 7.59. The predicted molar refractivity (Wildman–Crippen MR) is 80.7 cm³/mol. The van der Waals surface area contributed by atoms with Gasteiger partial charge in [-0.1, -0.05) is 30.4 Å². The van der Waals surface area contributed by atoms with Crippen LogP contribution < -0.4 is 4.90 Å². The maximum Gasteiger partial charge on any atom is 0.241 e. The van der Waals surface area contributed by atoms with Gasteiger partial charge >= 0.3 is 0 Å². The average Bonchev–Trinajstić information content (AvgIpc) is 3.06. The van der Waals surface area contributed by atoms with Gasteiger partial charge in [-0.3, -0.25) is 9.59 Å². The first-order valence-corrected chi connectivity index (χ1v) is 7.59. The molecule has 1 aromatic rings. The van der Waals surface area contributed by atoms with E-state index in [9.17, 15) is 9.59 Å². The highest BCUT2D eigenvalue weighted by molar-refractivity contribution is 6.25. The van der Waals surface area contributed by atoms with Crippen molar-refractivity contribution in [1.29, 1.82) is 0 Å². The quantitative estimate of drug-likeness (QED) is 0.586. The van der Waals surface area contributed by atoms with E-state index in [1.54, 1.807) is 0 Å². The number of anilines is 1. The van der Waals surface area contributed by atoms with Crippen LogP contribution in [0.4, 0.5) is 5.69 Å². The molecule has 0 radical (unpaired) electrons. The number of aryl methyl sites for hydroxylation is 2. The van der Waals surface area contributed by atoms with Gasteiger partial charge in [0.1, 0.15) is 0 Å². The molecular weight excluding hydrogens is 262 g/mol. The number of hydrogen-bond donors (Lipinski definition) is 0. The molecule has 1 aromatic carbocycles. The molecule has 2 bridgehead atoms.